The van der Waals surface area contributed by atoms with Crippen LogP contribution in [0.4, 0.5) is 22.0 Å². The third-order valence-corrected chi connectivity index (χ3v) is 5.42. The van der Waals surface area contributed by atoms with Crippen LogP contribution in [0, 0.1) is 11.6 Å². The zero-order valence-electron chi connectivity index (χ0n) is 17.0. The van der Waals surface area contributed by atoms with Gasteiger partial charge in [0.15, 0.2) is 0 Å². The quantitative estimate of drug-likeness (QED) is 0.216. The minimum atomic E-state index is -5.08. The van der Waals surface area contributed by atoms with Gasteiger partial charge in [0.1, 0.15) is 17.2 Å². The van der Waals surface area contributed by atoms with E-state index in [1.165, 1.54) is 5.56 Å². The maximum absolute atomic E-state index is 13.9. The normalized spacial score (nSPS) is 11.7. The van der Waals surface area contributed by atoms with Gasteiger partial charge in [-0.05, 0) is 69.6 Å². The Morgan fingerprint density at radius 3 is 1.78 bits per heavy atom. The first-order valence-electron chi connectivity index (χ1n) is 10.1. The SMILES string of the molecule is C=CCCc1ccc2cc(-c3ccc(-c4cc(F)c(C(F)(F)F)c(F)c4)cc3)ccc2c1. The zero-order chi connectivity index (χ0) is 22.9. The van der Waals surface area contributed by atoms with E-state index >= 15 is 0 Å². The highest BCUT2D eigenvalue weighted by Crippen LogP contribution is 2.36. The van der Waals surface area contributed by atoms with Gasteiger partial charge in [-0.2, -0.15) is 13.2 Å². The first-order chi connectivity index (χ1) is 15.3. The lowest BCUT2D eigenvalue weighted by atomic mass is 9.96. The van der Waals surface area contributed by atoms with Crippen molar-refractivity contribution in [1.29, 1.82) is 0 Å². The molecule has 0 saturated heterocycles. The van der Waals surface area contributed by atoms with Gasteiger partial charge in [0.2, 0.25) is 0 Å². The summed E-state index contributed by atoms with van der Waals surface area (Å²) in [6.07, 6.45) is -1.33. The van der Waals surface area contributed by atoms with Crippen molar-refractivity contribution >= 4 is 10.8 Å². The van der Waals surface area contributed by atoms with Crippen molar-refractivity contribution in [3.63, 3.8) is 0 Å². The van der Waals surface area contributed by atoms with E-state index in [0.717, 1.165) is 34.7 Å². The fraction of sp³-hybridized carbons (Fsp3) is 0.111. The smallest absolute Gasteiger partial charge is 0.206 e. The third-order valence-electron chi connectivity index (χ3n) is 5.42. The van der Waals surface area contributed by atoms with Crippen molar-refractivity contribution in [1.82, 2.24) is 0 Å². The van der Waals surface area contributed by atoms with Gasteiger partial charge in [-0.1, -0.05) is 60.7 Å². The second kappa shape index (κ2) is 8.58. The molecule has 0 nitrogen and oxygen atoms in total. The lowest BCUT2D eigenvalue weighted by molar-refractivity contribution is -0.142. The van der Waals surface area contributed by atoms with E-state index in [9.17, 15) is 22.0 Å². The lowest BCUT2D eigenvalue weighted by Gasteiger charge is -2.12. The first kappa shape index (κ1) is 21.8. The van der Waals surface area contributed by atoms with Crippen LogP contribution in [0.3, 0.4) is 0 Å². The molecule has 0 aromatic heterocycles. The predicted octanol–water partition coefficient (Wildman–Crippen LogP) is 8.59. The number of hydrogen-bond donors (Lipinski definition) is 0. The van der Waals surface area contributed by atoms with Crippen molar-refractivity contribution in [2.75, 3.05) is 0 Å². The van der Waals surface area contributed by atoms with Crippen LogP contribution in [0.5, 0.6) is 0 Å². The maximum atomic E-state index is 13.9. The highest BCUT2D eigenvalue weighted by Gasteiger charge is 2.37. The molecule has 0 bridgehead atoms. The zero-order valence-corrected chi connectivity index (χ0v) is 17.0. The second-order valence-electron chi connectivity index (χ2n) is 7.61. The number of hydrogen-bond acceptors (Lipinski definition) is 0. The molecule has 0 spiro atoms. The molecule has 0 atom stereocenters. The molecule has 4 aromatic carbocycles. The first-order valence-corrected chi connectivity index (χ1v) is 10.1. The van der Waals surface area contributed by atoms with Gasteiger partial charge in [0.25, 0.3) is 0 Å². The summed E-state index contributed by atoms with van der Waals surface area (Å²) in [7, 11) is 0. The van der Waals surface area contributed by atoms with Crippen LogP contribution < -0.4 is 0 Å². The number of rotatable bonds is 5. The van der Waals surface area contributed by atoms with Crippen LogP contribution in [-0.2, 0) is 12.6 Å². The Morgan fingerprint density at radius 1 is 0.656 bits per heavy atom. The molecule has 0 heterocycles. The molecule has 32 heavy (non-hydrogen) atoms. The van der Waals surface area contributed by atoms with Gasteiger partial charge in [-0.25, -0.2) is 8.78 Å². The van der Waals surface area contributed by atoms with Gasteiger partial charge < -0.3 is 0 Å². The largest absolute Gasteiger partial charge is 0.422 e. The molecule has 0 aliphatic heterocycles. The van der Waals surface area contributed by atoms with Crippen molar-refractivity contribution < 1.29 is 22.0 Å². The van der Waals surface area contributed by atoms with Crippen molar-refractivity contribution in [3.8, 4) is 22.3 Å². The Balaban J connectivity index is 1.62. The Bertz CT molecular complexity index is 1260. The van der Waals surface area contributed by atoms with E-state index in [2.05, 4.69) is 30.8 Å². The summed E-state index contributed by atoms with van der Waals surface area (Å²) in [5.74, 6) is -3.25. The van der Waals surface area contributed by atoms with E-state index in [1.807, 2.05) is 18.2 Å². The summed E-state index contributed by atoms with van der Waals surface area (Å²) in [5.41, 5.74) is 1.69. The number of fused-ring (bicyclic) bond motifs is 1. The van der Waals surface area contributed by atoms with E-state index in [1.54, 1.807) is 24.3 Å². The summed E-state index contributed by atoms with van der Waals surface area (Å²) < 4.78 is 66.2. The Labute approximate surface area is 182 Å². The van der Waals surface area contributed by atoms with Crippen LogP contribution in [0.15, 0.2) is 85.5 Å². The lowest BCUT2D eigenvalue weighted by Crippen LogP contribution is -2.11. The number of aryl methyl sites for hydroxylation is 1. The molecule has 0 N–H and O–H groups in total. The molecular weight excluding hydrogens is 419 g/mol. The molecule has 0 saturated carbocycles. The van der Waals surface area contributed by atoms with E-state index < -0.39 is 23.4 Å². The Hall–Kier alpha value is -3.47. The fourth-order valence-corrected chi connectivity index (χ4v) is 3.76. The Kier molecular flexibility index (Phi) is 5.83. The highest BCUT2D eigenvalue weighted by atomic mass is 19.4. The molecular formula is C27H19F5. The van der Waals surface area contributed by atoms with Gasteiger partial charge >= 0.3 is 6.18 Å². The van der Waals surface area contributed by atoms with Gasteiger partial charge in [0.05, 0.1) is 0 Å². The minimum absolute atomic E-state index is 0.0464. The summed E-state index contributed by atoms with van der Waals surface area (Å²) in [6, 6.07) is 20.7. The third kappa shape index (κ3) is 4.42. The van der Waals surface area contributed by atoms with Gasteiger partial charge in [-0.15, -0.1) is 6.58 Å². The summed E-state index contributed by atoms with van der Waals surface area (Å²) in [5, 5.41) is 2.21. The van der Waals surface area contributed by atoms with Gasteiger partial charge in [-0.3, -0.25) is 0 Å². The van der Waals surface area contributed by atoms with Crippen LogP contribution >= 0.6 is 0 Å². The number of allylic oxidation sites excluding steroid dienone is 1. The molecule has 162 valence electrons. The van der Waals surface area contributed by atoms with Gasteiger partial charge in [0, 0.05) is 0 Å². The Morgan fingerprint density at radius 2 is 1.19 bits per heavy atom. The summed E-state index contributed by atoms with van der Waals surface area (Å²) >= 11 is 0. The summed E-state index contributed by atoms with van der Waals surface area (Å²) in [6.45, 7) is 3.75. The topological polar surface area (TPSA) is 0 Å². The monoisotopic (exact) mass is 438 g/mol. The van der Waals surface area contributed by atoms with Crippen molar-refractivity contribution in [2.45, 2.75) is 19.0 Å². The number of alkyl halides is 3. The second-order valence-corrected chi connectivity index (χ2v) is 7.61. The highest BCUT2D eigenvalue weighted by molar-refractivity contribution is 5.88. The number of halogens is 5. The van der Waals surface area contributed by atoms with Crippen molar-refractivity contribution in [2.24, 2.45) is 0 Å². The predicted molar refractivity (Wildman–Crippen MR) is 118 cm³/mol. The molecule has 5 heteroatoms. The van der Waals surface area contributed by atoms with Crippen LogP contribution in [0.1, 0.15) is 17.5 Å². The molecule has 0 amide bonds. The number of benzene rings is 4. The molecule has 4 rings (SSSR count). The molecule has 0 aliphatic rings. The minimum Gasteiger partial charge on any atom is -0.206 e. The fourth-order valence-electron chi connectivity index (χ4n) is 3.76. The standard InChI is InChI=1S/C27H19F5/c1-2-3-4-17-5-6-22-14-21(12-11-20(22)13-17)18-7-9-19(10-8-18)23-15-24(28)26(25(29)16-23)27(30,31)32/h2,5-16H,1,3-4H2. The van der Waals surface area contributed by atoms with Crippen LogP contribution in [-0.4, -0.2) is 0 Å². The molecule has 0 aliphatic carbocycles. The summed E-state index contributed by atoms with van der Waals surface area (Å²) in [4.78, 5) is 0. The molecule has 0 fully saturated rings. The molecule has 0 radical (unpaired) electrons. The van der Waals surface area contributed by atoms with E-state index in [4.69, 9.17) is 0 Å². The van der Waals surface area contributed by atoms with Crippen LogP contribution in [0.25, 0.3) is 33.0 Å². The van der Waals surface area contributed by atoms with Crippen molar-refractivity contribution in [3.05, 3.63) is 108 Å². The maximum Gasteiger partial charge on any atom is 0.422 e. The molecule has 0 unspecified atom stereocenters. The molecule has 4 aromatic rings. The average molecular weight is 438 g/mol. The van der Waals surface area contributed by atoms with E-state index in [0.29, 0.717) is 17.7 Å². The average Bonchev–Trinajstić information content (AvgIpc) is 2.76. The van der Waals surface area contributed by atoms with Crippen LogP contribution in [0.2, 0.25) is 0 Å². The van der Waals surface area contributed by atoms with E-state index in [-0.39, 0.29) is 5.56 Å².